The van der Waals surface area contributed by atoms with Crippen molar-refractivity contribution in [3.63, 3.8) is 0 Å². The van der Waals surface area contributed by atoms with Gasteiger partial charge in [-0.05, 0) is 73.9 Å². The third-order valence-corrected chi connectivity index (χ3v) is 5.77. The molecule has 0 saturated heterocycles. The highest BCUT2D eigenvalue weighted by Gasteiger charge is 2.06. The Hall–Kier alpha value is -3.02. The summed E-state index contributed by atoms with van der Waals surface area (Å²) in [5.41, 5.74) is 3.81. The molecule has 0 heterocycles. The lowest BCUT2D eigenvalue weighted by molar-refractivity contribution is -0.121. The lowest BCUT2D eigenvalue weighted by Crippen LogP contribution is -2.25. The van der Waals surface area contributed by atoms with Crippen molar-refractivity contribution in [3.05, 3.63) is 58.7 Å². The van der Waals surface area contributed by atoms with Crippen molar-refractivity contribution in [1.82, 2.24) is 10.6 Å². The Morgan fingerprint density at radius 3 is 1.67 bits per heavy atom. The van der Waals surface area contributed by atoms with Crippen molar-refractivity contribution >= 4 is 11.8 Å². The van der Waals surface area contributed by atoms with Crippen LogP contribution in [-0.4, -0.2) is 35.1 Å². The normalized spacial score (nSPS) is 10.7. The maximum atomic E-state index is 12.0. The molecule has 6 heteroatoms. The van der Waals surface area contributed by atoms with E-state index in [1.165, 1.54) is 0 Å². The van der Waals surface area contributed by atoms with E-state index in [1.807, 2.05) is 38.1 Å². The smallest absolute Gasteiger partial charge is 0.220 e. The second-order valence-corrected chi connectivity index (χ2v) is 8.71. The molecule has 2 aromatic rings. The van der Waals surface area contributed by atoms with Gasteiger partial charge in [0.05, 0.1) is 0 Å². The number of unbranched alkanes of at least 4 members (excludes halogenated alkanes) is 4. The SMILES string of the molecule is Cc1cc(CCC(=O)NCCCCCCCNC(=O)CCc2ccc(O)cc2)cc(C)c1O. The highest BCUT2D eigenvalue weighted by atomic mass is 16.3. The summed E-state index contributed by atoms with van der Waals surface area (Å²) >= 11 is 0. The van der Waals surface area contributed by atoms with Crippen LogP contribution < -0.4 is 10.6 Å². The zero-order valence-electron chi connectivity index (χ0n) is 20.0. The number of rotatable bonds is 14. The van der Waals surface area contributed by atoms with Crippen molar-refractivity contribution in [2.45, 2.75) is 71.6 Å². The van der Waals surface area contributed by atoms with Gasteiger partial charge in [-0.2, -0.15) is 0 Å². The standard InChI is InChI=1S/C27H38N2O4/c1-20-18-23(19-21(2)27(20)33)11-15-26(32)29-17-7-5-3-4-6-16-28-25(31)14-10-22-8-12-24(30)13-9-22/h8-9,12-13,18-19,30,33H,3-7,10-11,14-17H2,1-2H3,(H,28,31)(H,29,32). The van der Waals surface area contributed by atoms with Crippen LogP contribution in [0.4, 0.5) is 0 Å². The van der Waals surface area contributed by atoms with E-state index in [4.69, 9.17) is 0 Å². The first-order valence-corrected chi connectivity index (χ1v) is 12.0. The molecule has 0 atom stereocenters. The molecule has 0 fully saturated rings. The Morgan fingerprint density at radius 2 is 1.15 bits per heavy atom. The van der Waals surface area contributed by atoms with E-state index in [0.29, 0.717) is 44.5 Å². The molecule has 0 aliphatic heterocycles. The number of phenolic OH excluding ortho intramolecular Hbond substituents is 2. The minimum atomic E-state index is 0.0587. The highest BCUT2D eigenvalue weighted by Crippen LogP contribution is 2.23. The number of aromatic hydroxyl groups is 2. The molecule has 6 nitrogen and oxygen atoms in total. The Balaban J connectivity index is 1.43. The molecule has 0 aliphatic rings. The molecule has 2 rings (SSSR count). The molecule has 4 N–H and O–H groups in total. The van der Waals surface area contributed by atoms with Gasteiger partial charge in [0.2, 0.25) is 11.8 Å². The summed E-state index contributed by atoms with van der Waals surface area (Å²) < 4.78 is 0. The zero-order valence-corrected chi connectivity index (χ0v) is 20.0. The third-order valence-electron chi connectivity index (χ3n) is 5.77. The van der Waals surface area contributed by atoms with Crippen LogP contribution in [0.3, 0.4) is 0 Å². The quantitative estimate of drug-likeness (QED) is 0.317. The average molecular weight is 455 g/mol. The van der Waals surface area contributed by atoms with E-state index >= 15 is 0 Å². The van der Waals surface area contributed by atoms with E-state index in [2.05, 4.69) is 10.6 Å². The molecule has 33 heavy (non-hydrogen) atoms. The molecular formula is C27H38N2O4. The number of nitrogens with one attached hydrogen (secondary N) is 2. The van der Waals surface area contributed by atoms with Crippen LogP contribution in [-0.2, 0) is 22.4 Å². The fraction of sp³-hybridized carbons (Fsp3) is 0.481. The van der Waals surface area contributed by atoms with Crippen LogP contribution in [0.5, 0.6) is 11.5 Å². The van der Waals surface area contributed by atoms with Gasteiger partial charge >= 0.3 is 0 Å². The van der Waals surface area contributed by atoms with E-state index in [-0.39, 0.29) is 17.6 Å². The molecule has 2 amide bonds. The van der Waals surface area contributed by atoms with Crippen LogP contribution in [0.25, 0.3) is 0 Å². The van der Waals surface area contributed by atoms with Crippen LogP contribution in [0.1, 0.15) is 67.2 Å². The number of hydrogen-bond donors (Lipinski definition) is 4. The van der Waals surface area contributed by atoms with Gasteiger partial charge in [0.15, 0.2) is 0 Å². The van der Waals surface area contributed by atoms with Crippen molar-refractivity contribution in [2.24, 2.45) is 0 Å². The van der Waals surface area contributed by atoms with Crippen LogP contribution in [0.15, 0.2) is 36.4 Å². The minimum absolute atomic E-state index is 0.0587. The summed E-state index contributed by atoms with van der Waals surface area (Å²) in [7, 11) is 0. The summed E-state index contributed by atoms with van der Waals surface area (Å²) in [6, 6.07) is 10.8. The summed E-state index contributed by atoms with van der Waals surface area (Å²) in [6.45, 7) is 5.14. The zero-order chi connectivity index (χ0) is 24.1. The van der Waals surface area contributed by atoms with Crippen LogP contribution in [0, 0.1) is 13.8 Å². The Morgan fingerprint density at radius 1 is 0.697 bits per heavy atom. The van der Waals surface area contributed by atoms with Crippen molar-refractivity contribution in [1.29, 1.82) is 0 Å². The first-order chi connectivity index (χ1) is 15.8. The van der Waals surface area contributed by atoms with Gasteiger partial charge in [-0.1, -0.05) is 43.5 Å². The Labute approximate surface area is 197 Å². The van der Waals surface area contributed by atoms with E-state index in [1.54, 1.807) is 12.1 Å². The van der Waals surface area contributed by atoms with Gasteiger partial charge in [-0.15, -0.1) is 0 Å². The summed E-state index contributed by atoms with van der Waals surface area (Å²) in [6.07, 6.45) is 7.39. The van der Waals surface area contributed by atoms with Gasteiger partial charge in [-0.25, -0.2) is 0 Å². The molecule has 180 valence electrons. The number of amides is 2. The number of carbonyl (C=O) groups is 2. The topological polar surface area (TPSA) is 98.7 Å². The second-order valence-electron chi connectivity index (χ2n) is 8.71. The van der Waals surface area contributed by atoms with E-state index < -0.39 is 0 Å². The van der Waals surface area contributed by atoms with Crippen molar-refractivity contribution in [3.8, 4) is 11.5 Å². The number of hydrogen-bond acceptors (Lipinski definition) is 4. The second kappa shape index (κ2) is 14.2. The van der Waals surface area contributed by atoms with Gasteiger partial charge < -0.3 is 20.8 Å². The molecule has 0 saturated carbocycles. The maximum absolute atomic E-state index is 12.0. The van der Waals surface area contributed by atoms with Crippen molar-refractivity contribution < 1.29 is 19.8 Å². The van der Waals surface area contributed by atoms with Gasteiger partial charge in [0, 0.05) is 25.9 Å². The van der Waals surface area contributed by atoms with Gasteiger partial charge in [-0.3, -0.25) is 9.59 Å². The highest BCUT2D eigenvalue weighted by molar-refractivity contribution is 5.76. The van der Waals surface area contributed by atoms with Crippen molar-refractivity contribution in [2.75, 3.05) is 13.1 Å². The first kappa shape index (κ1) is 26.2. The fourth-order valence-electron chi connectivity index (χ4n) is 3.78. The predicted octanol–water partition coefficient (Wildman–Crippen LogP) is 4.46. The summed E-state index contributed by atoms with van der Waals surface area (Å²) in [4.78, 5) is 23.9. The summed E-state index contributed by atoms with van der Waals surface area (Å²) in [5, 5.41) is 25.0. The Bertz CT molecular complexity index is 870. The molecule has 0 bridgehead atoms. The molecule has 0 aromatic heterocycles. The average Bonchev–Trinajstić information content (AvgIpc) is 2.79. The Kier molecular flexibility index (Phi) is 11.3. The molecular weight excluding hydrogens is 416 g/mol. The molecule has 0 unspecified atom stereocenters. The van der Waals surface area contributed by atoms with Gasteiger partial charge in [0.25, 0.3) is 0 Å². The third kappa shape index (κ3) is 10.4. The number of phenols is 2. The van der Waals surface area contributed by atoms with E-state index in [9.17, 15) is 19.8 Å². The number of carbonyl (C=O) groups excluding carboxylic acids is 2. The maximum Gasteiger partial charge on any atom is 0.220 e. The minimum Gasteiger partial charge on any atom is -0.508 e. The lowest BCUT2D eigenvalue weighted by atomic mass is 10.0. The predicted molar refractivity (Wildman–Crippen MR) is 131 cm³/mol. The lowest BCUT2D eigenvalue weighted by Gasteiger charge is -2.09. The molecule has 2 aromatic carbocycles. The monoisotopic (exact) mass is 454 g/mol. The molecule has 0 radical (unpaired) electrons. The van der Waals surface area contributed by atoms with Crippen LogP contribution in [0.2, 0.25) is 0 Å². The van der Waals surface area contributed by atoms with Gasteiger partial charge in [0.1, 0.15) is 11.5 Å². The number of aryl methyl sites for hydroxylation is 4. The fourth-order valence-corrected chi connectivity index (χ4v) is 3.78. The first-order valence-electron chi connectivity index (χ1n) is 12.0. The largest absolute Gasteiger partial charge is 0.508 e. The molecule has 0 spiro atoms. The number of benzene rings is 2. The molecule has 0 aliphatic carbocycles. The van der Waals surface area contributed by atoms with Crippen LogP contribution >= 0.6 is 0 Å². The van der Waals surface area contributed by atoms with E-state index in [0.717, 1.165) is 54.4 Å². The summed E-state index contributed by atoms with van der Waals surface area (Å²) in [5.74, 6) is 0.689.